The fourth-order valence-electron chi connectivity index (χ4n) is 3.79. The number of carbonyl (C=O) groups excluding carboxylic acids is 1. The van der Waals surface area contributed by atoms with Crippen LogP contribution in [-0.2, 0) is 14.8 Å². The minimum absolute atomic E-state index is 0.108. The topological polar surface area (TPSA) is 66.5 Å². The minimum atomic E-state index is -3.21. The summed E-state index contributed by atoms with van der Waals surface area (Å²) in [6.45, 7) is 0.834. The Kier molecular flexibility index (Phi) is 6.68. The van der Waals surface area contributed by atoms with Crippen LogP contribution >= 0.6 is 0 Å². The number of nitrogens with zero attached hydrogens (tertiary/aromatic N) is 1. The van der Waals surface area contributed by atoms with Gasteiger partial charge in [0.25, 0.3) is 0 Å². The summed E-state index contributed by atoms with van der Waals surface area (Å²) >= 11 is 0. The van der Waals surface area contributed by atoms with Crippen molar-refractivity contribution in [2.24, 2.45) is 5.92 Å². The summed E-state index contributed by atoms with van der Waals surface area (Å²) in [5.41, 5.74) is 0. The number of hydrogen-bond donors (Lipinski definition) is 1. The molecule has 128 valence electrons. The Bertz CT molecular complexity index is 452. The lowest BCUT2D eigenvalue weighted by atomic mass is 9.89. The Balaban J connectivity index is 1.81. The highest BCUT2D eigenvalue weighted by molar-refractivity contribution is 7.88. The predicted octanol–water partition coefficient (Wildman–Crippen LogP) is 2.28. The van der Waals surface area contributed by atoms with Crippen molar-refractivity contribution in [2.45, 2.75) is 70.3 Å². The number of amides is 1. The van der Waals surface area contributed by atoms with Crippen molar-refractivity contribution in [3.8, 4) is 0 Å². The number of hydrogen-bond acceptors (Lipinski definition) is 3. The first-order valence-corrected chi connectivity index (χ1v) is 10.6. The molecule has 0 aromatic carbocycles. The molecule has 5 nitrogen and oxygen atoms in total. The molecule has 0 aromatic rings. The Morgan fingerprint density at radius 2 is 1.55 bits per heavy atom. The van der Waals surface area contributed by atoms with Gasteiger partial charge in [-0.25, -0.2) is 8.42 Å². The lowest BCUT2D eigenvalue weighted by Gasteiger charge is -2.32. The molecule has 2 aliphatic rings. The lowest BCUT2D eigenvalue weighted by molar-refractivity contribution is -0.125. The van der Waals surface area contributed by atoms with E-state index in [0.717, 1.165) is 51.4 Å². The van der Waals surface area contributed by atoms with Gasteiger partial charge in [0.1, 0.15) is 0 Å². The highest BCUT2D eigenvalue weighted by atomic mass is 32.2. The monoisotopic (exact) mass is 330 g/mol. The van der Waals surface area contributed by atoms with Crippen molar-refractivity contribution < 1.29 is 13.2 Å². The van der Waals surface area contributed by atoms with Gasteiger partial charge in [0, 0.05) is 25.0 Å². The fraction of sp³-hybridized carbons (Fsp3) is 0.938. The molecule has 22 heavy (non-hydrogen) atoms. The van der Waals surface area contributed by atoms with Crippen LogP contribution in [0.3, 0.4) is 0 Å². The molecule has 0 unspecified atom stereocenters. The van der Waals surface area contributed by atoms with Crippen molar-refractivity contribution >= 4 is 15.9 Å². The predicted molar refractivity (Wildman–Crippen MR) is 88.0 cm³/mol. The smallest absolute Gasteiger partial charge is 0.223 e. The van der Waals surface area contributed by atoms with Crippen LogP contribution in [0.15, 0.2) is 0 Å². The van der Waals surface area contributed by atoms with Gasteiger partial charge >= 0.3 is 0 Å². The van der Waals surface area contributed by atoms with Crippen LogP contribution in [-0.4, -0.2) is 44.0 Å². The molecule has 1 N–H and O–H groups in total. The molecule has 6 heteroatoms. The average molecular weight is 330 g/mol. The molecule has 0 aliphatic heterocycles. The van der Waals surface area contributed by atoms with Crippen LogP contribution in [0.25, 0.3) is 0 Å². The second-order valence-electron chi connectivity index (χ2n) is 6.79. The zero-order valence-corrected chi connectivity index (χ0v) is 14.5. The van der Waals surface area contributed by atoms with E-state index in [9.17, 15) is 13.2 Å². The normalized spacial score (nSPS) is 21.9. The molecule has 2 fully saturated rings. The average Bonchev–Trinajstić information content (AvgIpc) is 2.52. The maximum atomic E-state index is 12.1. The largest absolute Gasteiger partial charge is 0.355 e. The molecule has 1 amide bonds. The third kappa shape index (κ3) is 5.23. The van der Waals surface area contributed by atoms with E-state index in [4.69, 9.17) is 0 Å². The SMILES string of the molecule is CS(=O)(=O)N(CCNC(=O)C1CCCCC1)C1CCCCC1. The van der Waals surface area contributed by atoms with Gasteiger partial charge in [-0.1, -0.05) is 38.5 Å². The summed E-state index contributed by atoms with van der Waals surface area (Å²) in [5.74, 6) is 0.243. The zero-order valence-electron chi connectivity index (χ0n) is 13.7. The van der Waals surface area contributed by atoms with Gasteiger partial charge in [-0.15, -0.1) is 0 Å². The van der Waals surface area contributed by atoms with Crippen LogP contribution in [0.2, 0.25) is 0 Å². The lowest BCUT2D eigenvalue weighted by Crippen LogP contribution is -2.45. The molecule has 2 aliphatic carbocycles. The van der Waals surface area contributed by atoms with E-state index in [1.165, 1.54) is 19.1 Å². The quantitative estimate of drug-likeness (QED) is 0.812. The van der Waals surface area contributed by atoms with Crippen molar-refractivity contribution in [1.29, 1.82) is 0 Å². The van der Waals surface area contributed by atoms with Gasteiger partial charge in [-0.05, 0) is 25.7 Å². The molecule has 2 saturated carbocycles. The Hall–Kier alpha value is -0.620. The van der Waals surface area contributed by atoms with Crippen molar-refractivity contribution in [3.63, 3.8) is 0 Å². The van der Waals surface area contributed by atoms with E-state index in [-0.39, 0.29) is 17.9 Å². The summed E-state index contributed by atoms with van der Waals surface area (Å²) < 4.78 is 25.6. The molecule has 0 aromatic heterocycles. The van der Waals surface area contributed by atoms with Crippen molar-refractivity contribution in [3.05, 3.63) is 0 Å². The number of carbonyl (C=O) groups is 1. The molecule has 0 bridgehead atoms. The number of rotatable bonds is 6. The maximum Gasteiger partial charge on any atom is 0.223 e. The summed E-state index contributed by atoms with van der Waals surface area (Å²) in [4.78, 5) is 12.1. The van der Waals surface area contributed by atoms with Gasteiger partial charge in [0.2, 0.25) is 15.9 Å². The molecular formula is C16H30N2O3S. The van der Waals surface area contributed by atoms with Crippen LogP contribution in [0, 0.1) is 5.92 Å². The van der Waals surface area contributed by atoms with Crippen LogP contribution in [0.5, 0.6) is 0 Å². The first-order valence-electron chi connectivity index (χ1n) is 8.73. The highest BCUT2D eigenvalue weighted by Gasteiger charge is 2.28. The standard InChI is InChI=1S/C16H30N2O3S/c1-22(20,21)18(15-10-6-3-7-11-15)13-12-17-16(19)14-8-4-2-5-9-14/h14-15H,2-13H2,1H3,(H,17,19). The van der Waals surface area contributed by atoms with Crippen LogP contribution in [0.4, 0.5) is 0 Å². The van der Waals surface area contributed by atoms with Crippen LogP contribution in [0.1, 0.15) is 64.2 Å². The molecule has 0 heterocycles. The Morgan fingerprint density at radius 1 is 1.00 bits per heavy atom. The fourth-order valence-corrected chi connectivity index (χ4v) is 4.96. The summed E-state index contributed by atoms with van der Waals surface area (Å²) in [7, 11) is -3.21. The van der Waals surface area contributed by atoms with E-state index < -0.39 is 10.0 Å². The molecule has 0 spiro atoms. The second-order valence-corrected chi connectivity index (χ2v) is 8.73. The summed E-state index contributed by atoms with van der Waals surface area (Å²) in [5, 5.41) is 2.95. The third-order valence-corrected chi connectivity index (χ3v) is 6.35. The molecule has 0 saturated heterocycles. The summed E-state index contributed by atoms with van der Waals surface area (Å²) in [6.07, 6.45) is 12.0. The van der Waals surface area contributed by atoms with Gasteiger partial charge in [-0.2, -0.15) is 4.31 Å². The van der Waals surface area contributed by atoms with Gasteiger partial charge in [-0.3, -0.25) is 4.79 Å². The van der Waals surface area contributed by atoms with Crippen LogP contribution < -0.4 is 5.32 Å². The number of sulfonamides is 1. The first kappa shape index (κ1) is 17.7. The Morgan fingerprint density at radius 3 is 2.09 bits per heavy atom. The highest BCUT2D eigenvalue weighted by Crippen LogP contribution is 2.25. The van der Waals surface area contributed by atoms with Gasteiger partial charge < -0.3 is 5.32 Å². The second kappa shape index (κ2) is 8.29. The zero-order chi connectivity index (χ0) is 16.0. The van der Waals surface area contributed by atoms with E-state index in [0.29, 0.717) is 13.1 Å². The number of nitrogens with one attached hydrogen (secondary N) is 1. The van der Waals surface area contributed by atoms with E-state index in [1.54, 1.807) is 4.31 Å². The van der Waals surface area contributed by atoms with E-state index in [1.807, 2.05) is 0 Å². The summed E-state index contributed by atoms with van der Waals surface area (Å²) in [6, 6.07) is 0.121. The van der Waals surface area contributed by atoms with E-state index in [2.05, 4.69) is 5.32 Å². The molecule has 0 atom stereocenters. The maximum absolute atomic E-state index is 12.1. The Labute approximate surface area is 134 Å². The van der Waals surface area contributed by atoms with Gasteiger partial charge in [0.15, 0.2) is 0 Å². The van der Waals surface area contributed by atoms with Crippen molar-refractivity contribution in [2.75, 3.05) is 19.3 Å². The molecule has 0 radical (unpaired) electrons. The molecule has 2 rings (SSSR count). The first-order chi connectivity index (χ1) is 10.5. The van der Waals surface area contributed by atoms with E-state index >= 15 is 0 Å². The van der Waals surface area contributed by atoms with Gasteiger partial charge in [0.05, 0.1) is 6.26 Å². The van der Waals surface area contributed by atoms with Crippen molar-refractivity contribution in [1.82, 2.24) is 9.62 Å². The third-order valence-electron chi connectivity index (χ3n) is 5.02. The molecular weight excluding hydrogens is 300 g/mol. The minimum Gasteiger partial charge on any atom is -0.355 e.